The largest absolute Gasteiger partial charge is 0.321 e. The first-order chi connectivity index (χ1) is 10.5. The molecule has 0 bridgehead atoms. The van der Waals surface area contributed by atoms with Crippen LogP contribution in [0.1, 0.15) is 23.4 Å². The van der Waals surface area contributed by atoms with Gasteiger partial charge < -0.3 is 10.2 Å². The van der Waals surface area contributed by atoms with Crippen LogP contribution >= 0.6 is 22.9 Å². The van der Waals surface area contributed by atoms with Gasteiger partial charge in [0.05, 0.1) is 12.2 Å². The topological polar surface area (TPSA) is 33.5 Å². The molecule has 0 saturated heterocycles. The second kappa shape index (κ2) is 6.36. The van der Waals surface area contributed by atoms with E-state index in [2.05, 4.69) is 23.7 Å². The number of halogens is 2. The van der Waals surface area contributed by atoms with Crippen molar-refractivity contribution in [3.05, 3.63) is 50.9 Å². The van der Waals surface area contributed by atoms with Gasteiger partial charge in [0, 0.05) is 21.9 Å². The second-order valence-corrected chi connectivity index (χ2v) is 6.97. The Balaban J connectivity index is 1.66. The van der Waals surface area contributed by atoms with E-state index in [1.165, 1.54) is 33.5 Å². The van der Waals surface area contributed by atoms with E-state index in [1.807, 2.05) is 0 Å². The fourth-order valence-electron chi connectivity index (χ4n) is 2.89. The van der Waals surface area contributed by atoms with Gasteiger partial charge >= 0.3 is 0 Å². The zero-order valence-corrected chi connectivity index (χ0v) is 13.7. The molecule has 116 valence electrons. The number of hydrogen-bond acceptors (Lipinski definition) is 2. The summed E-state index contributed by atoms with van der Waals surface area (Å²) in [4.78, 5) is 14.8. The molecular formula is C16H17ClFN2OS+. The summed E-state index contributed by atoms with van der Waals surface area (Å²) in [5.41, 5.74) is 1.46. The third-order valence-electron chi connectivity index (χ3n) is 4.12. The Kier molecular flexibility index (Phi) is 4.47. The molecule has 2 aromatic rings. The van der Waals surface area contributed by atoms with Gasteiger partial charge in [0.2, 0.25) is 0 Å². The van der Waals surface area contributed by atoms with Crippen LogP contribution in [0.4, 0.5) is 10.1 Å². The number of fused-ring (bicyclic) bond motifs is 1. The summed E-state index contributed by atoms with van der Waals surface area (Å²) in [6.45, 7) is 3.37. The Morgan fingerprint density at radius 3 is 3.14 bits per heavy atom. The van der Waals surface area contributed by atoms with E-state index in [9.17, 15) is 9.18 Å². The molecule has 2 N–H and O–H groups in total. The molecule has 3 rings (SSSR count). The van der Waals surface area contributed by atoms with Crippen LogP contribution in [0, 0.1) is 5.82 Å². The quantitative estimate of drug-likeness (QED) is 0.885. The summed E-state index contributed by atoms with van der Waals surface area (Å²) < 4.78 is 13.7. The normalized spacial score (nSPS) is 20.5. The number of carbonyl (C=O) groups is 1. The molecule has 1 aromatic heterocycles. The number of quaternary nitrogens is 1. The fraction of sp³-hybridized carbons (Fsp3) is 0.312. The highest BCUT2D eigenvalue weighted by Crippen LogP contribution is 2.24. The highest BCUT2D eigenvalue weighted by molar-refractivity contribution is 7.10. The molecule has 0 aliphatic carbocycles. The van der Waals surface area contributed by atoms with Crippen LogP contribution in [0.15, 0.2) is 29.6 Å². The first-order valence-electron chi connectivity index (χ1n) is 7.20. The average molecular weight is 340 g/mol. The minimum atomic E-state index is -0.473. The summed E-state index contributed by atoms with van der Waals surface area (Å²) in [5.74, 6) is -0.666. The van der Waals surface area contributed by atoms with Crippen LogP contribution in [0.2, 0.25) is 5.02 Å². The first kappa shape index (κ1) is 15.5. The van der Waals surface area contributed by atoms with Crippen molar-refractivity contribution in [2.75, 3.05) is 18.4 Å². The van der Waals surface area contributed by atoms with Crippen molar-refractivity contribution in [3.63, 3.8) is 0 Å². The van der Waals surface area contributed by atoms with Gasteiger partial charge in [0.1, 0.15) is 11.9 Å². The predicted octanol–water partition coefficient (Wildman–Crippen LogP) is 2.68. The van der Waals surface area contributed by atoms with Crippen LogP contribution in [-0.2, 0) is 11.2 Å². The molecule has 0 fully saturated rings. The molecule has 2 heterocycles. The molecule has 2 atom stereocenters. The van der Waals surface area contributed by atoms with Crippen molar-refractivity contribution in [1.82, 2.24) is 0 Å². The fourth-order valence-corrected chi connectivity index (χ4v) is 4.04. The molecule has 1 amide bonds. The maximum atomic E-state index is 13.7. The van der Waals surface area contributed by atoms with Crippen LogP contribution < -0.4 is 10.2 Å². The summed E-state index contributed by atoms with van der Waals surface area (Å²) in [6.07, 6.45) is 0.992. The maximum Gasteiger partial charge on any atom is 0.279 e. The van der Waals surface area contributed by atoms with Gasteiger partial charge in [0.15, 0.2) is 6.54 Å². The van der Waals surface area contributed by atoms with Gasteiger partial charge in [0.25, 0.3) is 5.91 Å². The lowest BCUT2D eigenvalue weighted by molar-refractivity contribution is -0.923. The molecule has 1 unspecified atom stereocenters. The van der Waals surface area contributed by atoms with Crippen LogP contribution in [0.5, 0.6) is 0 Å². The minimum absolute atomic E-state index is 0.137. The molecular weight excluding hydrogens is 323 g/mol. The van der Waals surface area contributed by atoms with Crippen LogP contribution in [0.3, 0.4) is 0 Å². The Morgan fingerprint density at radius 1 is 1.50 bits per heavy atom. The lowest BCUT2D eigenvalue weighted by Gasteiger charge is -2.29. The van der Waals surface area contributed by atoms with Crippen molar-refractivity contribution in [2.45, 2.75) is 19.4 Å². The number of anilines is 1. The van der Waals surface area contributed by atoms with Crippen LogP contribution in [0.25, 0.3) is 0 Å². The van der Waals surface area contributed by atoms with E-state index in [1.54, 1.807) is 11.3 Å². The van der Waals surface area contributed by atoms with E-state index in [4.69, 9.17) is 11.6 Å². The minimum Gasteiger partial charge on any atom is -0.321 e. The van der Waals surface area contributed by atoms with Gasteiger partial charge in [-0.25, -0.2) is 4.39 Å². The average Bonchev–Trinajstić information content (AvgIpc) is 2.95. The second-order valence-electron chi connectivity index (χ2n) is 5.53. The predicted molar refractivity (Wildman–Crippen MR) is 87.2 cm³/mol. The van der Waals surface area contributed by atoms with Gasteiger partial charge in [-0.1, -0.05) is 11.6 Å². The lowest BCUT2D eigenvalue weighted by atomic mass is 10.0. The Labute approximate surface area is 137 Å². The van der Waals surface area contributed by atoms with E-state index >= 15 is 0 Å². The molecule has 6 heteroatoms. The summed E-state index contributed by atoms with van der Waals surface area (Å²) in [5, 5.41) is 5.12. The number of hydrogen-bond donors (Lipinski definition) is 2. The summed E-state index contributed by atoms with van der Waals surface area (Å²) >= 11 is 7.62. The first-order valence-corrected chi connectivity index (χ1v) is 8.46. The Morgan fingerprint density at radius 2 is 2.32 bits per heavy atom. The van der Waals surface area contributed by atoms with Crippen LogP contribution in [-0.4, -0.2) is 19.0 Å². The number of amides is 1. The highest BCUT2D eigenvalue weighted by Gasteiger charge is 2.29. The monoisotopic (exact) mass is 339 g/mol. The van der Waals surface area contributed by atoms with E-state index in [0.717, 1.165) is 13.0 Å². The Hall–Kier alpha value is -1.43. The molecule has 1 aromatic carbocycles. The van der Waals surface area contributed by atoms with E-state index in [-0.39, 0.29) is 17.6 Å². The van der Waals surface area contributed by atoms with Gasteiger partial charge in [-0.3, -0.25) is 4.79 Å². The Bertz CT molecular complexity index is 703. The smallest absolute Gasteiger partial charge is 0.279 e. The van der Waals surface area contributed by atoms with Gasteiger partial charge in [-0.15, -0.1) is 11.3 Å². The molecule has 1 aliphatic heterocycles. The number of carbonyl (C=O) groups excluding carboxylic acids is 1. The third kappa shape index (κ3) is 3.16. The zero-order chi connectivity index (χ0) is 15.7. The molecule has 1 aliphatic rings. The molecule has 0 spiro atoms. The zero-order valence-electron chi connectivity index (χ0n) is 12.2. The SMILES string of the molecule is C[C@@H]1c2ccsc2CC[NH+]1CC(=O)Nc1cc(Cl)ccc1F. The number of benzene rings is 1. The van der Waals surface area contributed by atoms with Crippen molar-refractivity contribution in [3.8, 4) is 0 Å². The number of nitrogens with one attached hydrogen (secondary N) is 2. The molecule has 22 heavy (non-hydrogen) atoms. The van der Waals surface area contributed by atoms with Gasteiger partial charge in [-0.05, 0) is 36.6 Å². The van der Waals surface area contributed by atoms with E-state index < -0.39 is 5.82 Å². The van der Waals surface area contributed by atoms with E-state index in [0.29, 0.717) is 11.6 Å². The maximum absolute atomic E-state index is 13.7. The number of rotatable bonds is 3. The molecule has 3 nitrogen and oxygen atoms in total. The summed E-state index contributed by atoms with van der Waals surface area (Å²) in [6, 6.07) is 6.57. The molecule has 0 saturated carbocycles. The standard InChI is InChI=1S/C16H16ClFN2OS/c1-10-12-5-7-22-15(12)4-6-20(10)9-16(21)19-14-8-11(17)2-3-13(14)18/h2-3,5,7-8,10H,4,6,9H2,1H3,(H,19,21)/p+1/t10-/m1/s1. The summed E-state index contributed by atoms with van der Waals surface area (Å²) in [7, 11) is 0. The van der Waals surface area contributed by atoms with Crippen molar-refractivity contribution in [1.29, 1.82) is 0 Å². The van der Waals surface area contributed by atoms with Crippen molar-refractivity contribution in [2.24, 2.45) is 0 Å². The highest BCUT2D eigenvalue weighted by atomic mass is 35.5. The number of thiophene rings is 1. The molecule has 0 radical (unpaired) electrons. The lowest BCUT2D eigenvalue weighted by Crippen LogP contribution is -3.14. The third-order valence-corrected chi connectivity index (χ3v) is 5.35. The van der Waals surface area contributed by atoms with Gasteiger partial charge in [-0.2, -0.15) is 0 Å². The van der Waals surface area contributed by atoms with Crippen molar-refractivity contribution >= 4 is 34.5 Å². The van der Waals surface area contributed by atoms with Crippen molar-refractivity contribution < 1.29 is 14.1 Å².